The van der Waals surface area contributed by atoms with Crippen LogP contribution in [0.5, 0.6) is 0 Å². The Morgan fingerprint density at radius 2 is 1.96 bits per heavy atom. The van der Waals surface area contributed by atoms with Gasteiger partial charge in [0.1, 0.15) is 5.56 Å². The van der Waals surface area contributed by atoms with Gasteiger partial charge in [-0.1, -0.05) is 12.1 Å². The van der Waals surface area contributed by atoms with Gasteiger partial charge in [0.15, 0.2) is 6.61 Å². The molecular formula is C17H16N2O6S. The van der Waals surface area contributed by atoms with Gasteiger partial charge in [-0.15, -0.1) is 11.3 Å². The minimum Gasteiger partial charge on any atom is -0.453 e. The lowest BCUT2D eigenvalue weighted by Gasteiger charge is -2.06. The maximum atomic E-state index is 12.2. The molecule has 0 bridgehead atoms. The summed E-state index contributed by atoms with van der Waals surface area (Å²) in [5.41, 5.74) is -0.135. The molecule has 2 aromatic rings. The first kappa shape index (κ1) is 19.3. The average Bonchev–Trinajstić information content (AvgIpc) is 3.06. The molecule has 26 heavy (non-hydrogen) atoms. The van der Waals surface area contributed by atoms with Crippen LogP contribution in [0.1, 0.15) is 37.4 Å². The number of nitro benzene ring substituents is 1. The fraction of sp³-hybridized carbons (Fsp3) is 0.235. The third kappa shape index (κ3) is 4.73. The van der Waals surface area contributed by atoms with Crippen LogP contribution in [0.4, 0.5) is 5.69 Å². The van der Waals surface area contributed by atoms with Crippen molar-refractivity contribution in [2.45, 2.75) is 20.4 Å². The summed E-state index contributed by atoms with van der Waals surface area (Å²) in [7, 11) is 0. The molecule has 0 aliphatic rings. The summed E-state index contributed by atoms with van der Waals surface area (Å²) in [6.45, 7) is 2.73. The van der Waals surface area contributed by atoms with Crippen LogP contribution in [0.15, 0.2) is 30.3 Å². The van der Waals surface area contributed by atoms with E-state index in [-0.39, 0.29) is 17.2 Å². The van der Waals surface area contributed by atoms with Gasteiger partial charge in [-0.3, -0.25) is 19.7 Å². The molecule has 9 heteroatoms. The smallest absolute Gasteiger partial charge is 0.345 e. The molecule has 0 saturated carbocycles. The summed E-state index contributed by atoms with van der Waals surface area (Å²) in [5.74, 6) is -1.52. The molecule has 1 heterocycles. The van der Waals surface area contributed by atoms with E-state index >= 15 is 0 Å². The van der Waals surface area contributed by atoms with E-state index in [0.29, 0.717) is 17.0 Å². The summed E-state index contributed by atoms with van der Waals surface area (Å²) in [4.78, 5) is 46.8. The van der Waals surface area contributed by atoms with Crippen LogP contribution in [0.25, 0.3) is 0 Å². The van der Waals surface area contributed by atoms with E-state index < -0.39 is 23.3 Å². The number of nitrogens with one attached hydrogen (secondary N) is 1. The highest BCUT2D eigenvalue weighted by Crippen LogP contribution is 2.23. The Hall–Kier alpha value is -3.07. The van der Waals surface area contributed by atoms with E-state index in [9.17, 15) is 24.5 Å². The predicted octanol–water partition coefficient (Wildman–Crippen LogP) is 2.64. The lowest BCUT2D eigenvalue weighted by molar-refractivity contribution is -0.385. The Morgan fingerprint density at radius 1 is 1.23 bits per heavy atom. The zero-order chi connectivity index (χ0) is 19.3. The quantitative estimate of drug-likeness (QED) is 0.344. The van der Waals surface area contributed by atoms with Crippen molar-refractivity contribution >= 4 is 34.7 Å². The van der Waals surface area contributed by atoms with E-state index in [0.717, 1.165) is 4.88 Å². The third-order valence-corrected chi connectivity index (χ3v) is 4.56. The van der Waals surface area contributed by atoms with Gasteiger partial charge in [-0.2, -0.15) is 0 Å². The van der Waals surface area contributed by atoms with Crippen molar-refractivity contribution in [3.05, 3.63) is 61.3 Å². The van der Waals surface area contributed by atoms with E-state index in [1.54, 1.807) is 25.1 Å². The number of Topliss-reactive ketones (excluding diaryl/α,β-unsaturated/α-hetero) is 1. The number of esters is 1. The van der Waals surface area contributed by atoms with Crippen LogP contribution in [-0.2, 0) is 16.1 Å². The highest BCUT2D eigenvalue weighted by Gasteiger charge is 2.24. The van der Waals surface area contributed by atoms with Crippen LogP contribution in [-0.4, -0.2) is 29.2 Å². The van der Waals surface area contributed by atoms with Gasteiger partial charge in [0.25, 0.3) is 5.69 Å². The Morgan fingerprint density at radius 3 is 2.62 bits per heavy atom. The second kappa shape index (κ2) is 8.34. The van der Waals surface area contributed by atoms with E-state index in [2.05, 4.69) is 5.32 Å². The van der Waals surface area contributed by atoms with Crippen molar-refractivity contribution < 1.29 is 24.0 Å². The molecule has 2 rings (SSSR count). The monoisotopic (exact) mass is 376 g/mol. The van der Waals surface area contributed by atoms with E-state index in [1.165, 1.54) is 30.4 Å². The molecule has 0 aliphatic carbocycles. The minimum atomic E-state index is -0.918. The number of carbonyl (C=O) groups excluding carboxylic acids is 3. The Bertz CT molecular complexity index is 874. The zero-order valence-corrected chi connectivity index (χ0v) is 14.9. The van der Waals surface area contributed by atoms with Crippen molar-refractivity contribution in [2.24, 2.45) is 0 Å². The zero-order valence-electron chi connectivity index (χ0n) is 14.1. The SMILES string of the molecule is CC(=O)NCc1ccc(C(=O)COC(=O)c2c(C)cccc2[N+](=O)[O-])s1. The number of hydrogen-bond acceptors (Lipinski definition) is 7. The normalized spacial score (nSPS) is 10.2. The van der Waals surface area contributed by atoms with Gasteiger partial charge in [-0.05, 0) is 24.6 Å². The van der Waals surface area contributed by atoms with Crippen LogP contribution >= 0.6 is 11.3 Å². The van der Waals surface area contributed by atoms with Gasteiger partial charge >= 0.3 is 5.97 Å². The van der Waals surface area contributed by atoms with Gasteiger partial charge in [0.05, 0.1) is 16.3 Å². The summed E-state index contributed by atoms with van der Waals surface area (Å²) >= 11 is 1.18. The van der Waals surface area contributed by atoms with Crippen molar-refractivity contribution in [3.63, 3.8) is 0 Å². The van der Waals surface area contributed by atoms with Crippen molar-refractivity contribution in [2.75, 3.05) is 6.61 Å². The first-order valence-corrected chi connectivity index (χ1v) is 8.38. The Kier molecular flexibility index (Phi) is 6.18. The fourth-order valence-electron chi connectivity index (χ4n) is 2.18. The first-order valence-electron chi connectivity index (χ1n) is 7.57. The molecule has 136 valence electrons. The summed E-state index contributed by atoms with van der Waals surface area (Å²) in [6.07, 6.45) is 0. The number of hydrogen-bond donors (Lipinski definition) is 1. The van der Waals surface area contributed by atoms with Crippen LogP contribution in [0, 0.1) is 17.0 Å². The van der Waals surface area contributed by atoms with E-state index in [1.807, 2.05) is 0 Å². The van der Waals surface area contributed by atoms with Crippen LogP contribution in [0.3, 0.4) is 0 Å². The Labute approximate surface area is 152 Å². The second-order valence-corrected chi connectivity index (χ2v) is 6.57. The number of aryl methyl sites for hydroxylation is 1. The first-order chi connectivity index (χ1) is 12.3. The number of nitrogens with zero attached hydrogens (tertiary/aromatic N) is 1. The number of ether oxygens (including phenoxy) is 1. The molecule has 0 fully saturated rings. The highest BCUT2D eigenvalue weighted by molar-refractivity contribution is 7.14. The number of nitro groups is 1. The molecule has 1 amide bonds. The standard InChI is InChI=1S/C17H16N2O6S/c1-10-4-3-5-13(19(23)24)16(10)17(22)25-9-14(21)15-7-6-12(26-15)8-18-11(2)20/h3-7H,8-9H2,1-2H3,(H,18,20). The van der Waals surface area contributed by atoms with Crippen molar-refractivity contribution in [3.8, 4) is 0 Å². The minimum absolute atomic E-state index is 0.164. The number of amides is 1. The summed E-state index contributed by atoms with van der Waals surface area (Å²) < 4.78 is 4.97. The molecule has 8 nitrogen and oxygen atoms in total. The number of carbonyl (C=O) groups is 3. The summed E-state index contributed by atoms with van der Waals surface area (Å²) in [6, 6.07) is 7.51. The predicted molar refractivity (Wildman–Crippen MR) is 94.3 cm³/mol. The lowest BCUT2D eigenvalue weighted by atomic mass is 10.1. The van der Waals surface area contributed by atoms with Crippen LogP contribution in [0.2, 0.25) is 0 Å². The molecule has 1 aromatic carbocycles. The molecule has 0 atom stereocenters. The average molecular weight is 376 g/mol. The molecule has 0 unspecified atom stereocenters. The van der Waals surface area contributed by atoms with Gasteiger partial charge < -0.3 is 10.1 Å². The number of benzene rings is 1. The lowest BCUT2D eigenvalue weighted by Crippen LogP contribution is -2.18. The number of ketones is 1. The molecule has 1 N–H and O–H groups in total. The highest BCUT2D eigenvalue weighted by atomic mass is 32.1. The Balaban J connectivity index is 2.03. The second-order valence-electron chi connectivity index (χ2n) is 5.40. The van der Waals surface area contributed by atoms with Crippen molar-refractivity contribution in [1.82, 2.24) is 5.32 Å². The van der Waals surface area contributed by atoms with Crippen molar-refractivity contribution in [1.29, 1.82) is 0 Å². The van der Waals surface area contributed by atoms with E-state index in [4.69, 9.17) is 4.74 Å². The molecule has 0 aliphatic heterocycles. The largest absolute Gasteiger partial charge is 0.453 e. The topological polar surface area (TPSA) is 116 Å². The molecule has 0 saturated heterocycles. The maximum absolute atomic E-state index is 12.2. The van der Waals surface area contributed by atoms with Gasteiger partial charge in [0.2, 0.25) is 11.7 Å². The molecular weight excluding hydrogens is 360 g/mol. The molecule has 1 aromatic heterocycles. The van der Waals surface area contributed by atoms with Gasteiger partial charge in [-0.25, -0.2) is 4.79 Å². The molecule has 0 radical (unpaired) electrons. The maximum Gasteiger partial charge on any atom is 0.345 e. The summed E-state index contributed by atoms with van der Waals surface area (Å²) in [5, 5.41) is 13.7. The fourth-order valence-corrected chi connectivity index (χ4v) is 3.05. The number of thiophene rings is 1. The van der Waals surface area contributed by atoms with Crippen LogP contribution < -0.4 is 5.32 Å². The van der Waals surface area contributed by atoms with Gasteiger partial charge in [0, 0.05) is 17.9 Å². The number of rotatable bonds is 7. The molecule has 0 spiro atoms. The third-order valence-electron chi connectivity index (χ3n) is 3.43.